The van der Waals surface area contributed by atoms with Crippen molar-refractivity contribution < 1.29 is 18.8 Å². The van der Waals surface area contributed by atoms with Gasteiger partial charge in [-0.3, -0.25) is 19.3 Å². The first-order valence-electron chi connectivity index (χ1n) is 9.37. The van der Waals surface area contributed by atoms with Crippen LogP contribution in [0.5, 0.6) is 0 Å². The maximum absolute atomic E-state index is 13.3. The molecule has 1 fully saturated rings. The lowest BCUT2D eigenvalue weighted by Gasteiger charge is -2.13. The van der Waals surface area contributed by atoms with Crippen molar-refractivity contribution in [2.45, 2.75) is 11.4 Å². The molecule has 0 radical (unpaired) electrons. The van der Waals surface area contributed by atoms with Crippen LogP contribution in [-0.2, 0) is 9.59 Å². The second-order valence-corrected chi connectivity index (χ2v) is 9.43. The third-order valence-corrected chi connectivity index (χ3v) is 7.29. The van der Waals surface area contributed by atoms with Gasteiger partial charge in [-0.25, -0.2) is 14.4 Å². The summed E-state index contributed by atoms with van der Waals surface area (Å²) >= 11 is 3.92. The van der Waals surface area contributed by atoms with E-state index in [1.54, 1.807) is 12.1 Å². The van der Waals surface area contributed by atoms with Crippen molar-refractivity contribution in [3.05, 3.63) is 41.8 Å². The summed E-state index contributed by atoms with van der Waals surface area (Å²) in [7, 11) is 0. The number of benzene rings is 1. The summed E-state index contributed by atoms with van der Waals surface area (Å²) in [5.41, 5.74) is 1.82. The number of rotatable bonds is 8. The fourth-order valence-electron chi connectivity index (χ4n) is 3.03. The summed E-state index contributed by atoms with van der Waals surface area (Å²) in [6.07, 6.45) is 1.76. The number of imide groups is 1. The third-order valence-electron chi connectivity index (χ3n) is 4.56. The first-order chi connectivity index (χ1) is 15.0. The van der Waals surface area contributed by atoms with Crippen LogP contribution < -0.4 is 5.32 Å². The minimum atomic E-state index is -0.294. The number of fused-ring (bicyclic) bond motifs is 1. The molecule has 1 aliphatic heterocycles. The summed E-state index contributed by atoms with van der Waals surface area (Å²) in [6, 6.07) is 6.28. The largest absolute Gasteiger partial charge is 0.354 e. The first kappa shape index (κ1) is 21.7. The Labute approximate surface area is 189 Å². The molecule has 11 heteroatoms. The van der Waals surface area contributed by atoms with E-state index in [4.69, 9.17) is 0 Å². The fraction of sp³-hybridized carbons (Fsp3) is 0.250. The average molecular weight is 477 g/mol. The molecule has 1 aromatic carbocycles. The highest BCUT2D eigenvalue weighted by Crippen LogP contribution is 2.37. The van der Waals surface area contributed by atoms with Gasteiger partial charge in [0.1, 0.15) is 22.0 Å². The number of carbonyl (C=O) groups is 3. The Morgan fingerprint density at radius 3 is 2.77 bits per heavy atom. The van der Waals surface area contributed by atoms with E-state index >= 15 is 0 Å². The summed E-state index contributed by atoms with van der Waals surface area (Å²) in [5.74, 6) is -0.000726. The lowest BCUT2D eigenvalue weighted by molar-refractivity contribution is -0.125. The summed E-state index contributed by atoms with van der Waals surface area (Å²) in [4.78, 5) is 45.9. The number of aromatic nitrogens is 2. The predicted molar refractivity (Wildman–Crippen MR) is 121 cm³/mol. The van der Waals surface area contributed by atoms with Crippen molar-refractivity contribution >= 4 is 62.1 Å². The van der Waals surface area contributed by atoms with Crippen molar-refractivity contribution in [2.75, 3.05) is 24.6 Å². The molecule has 160 valence electrons. The minimum Gasteiger partial charge on any atom is -0.354 e. The number of nitrogens with one attached hydrogen (secondary N) is 1. The molecule has 4 rings (SSSR count). The summed E-state index contributed by atoms with van der Waals surface area (Å²) in [5, 5.41) is 6.11. The van der Waals surface area contributed by atoms with Gasteiger partial charge in [0.2, 0.25) is 11.8 Å². The molecule has 0 saturated carbocycles. The van der Waals surface area contributed by atoms with Gasteiger partial charge >= 0.3 is 0 Å². The highest BCUT2D eigenvalue weighted by atomic mass is 32.2. The Morgan fingerprint density at radius 2 is 2.03 bits per heavy atom. The predicted octanol–water partition coefficient (Wildman–Crippen LogP) is 3.79. The summed E-state index contributed by atoms with van der Waals surface area (Å²) in [6.45, 7) is 0.421. The maximum atomic E-state index is 13.3. The van der Waals surface area contributed by atoms with Gasteiger partial charge in [0, 0.05) is 36.2 Å². The average Bonchev–Trinajstić information content (AvgIpc) is 3.33. The van der Waals surface area contributed by atoms with Crippen LogP contribution in [0.2, 0.25) is 0 Å². The van der Waals surface area contributed by atoms with Crippen molar-refractivity contribution in [3.63, 3.8) is 0 Å². The van der Waals surface area contributed by atoms with E-state index in [1.807, 2.05) is 5.38 Å². The summed E-state index contributed by atoms with van der Waals surface area (Å²) < 4.78 is 13.3. The zero-order valence-corrected chi connectivity index (χ0v) is 18.6. The SMILES string of the molecule is O=C(CCSc1ncnc2scc(-c3ccc(F)cc3)c12)NCCN1C(=O)CSC1=O. The number of hydrogen-bond acceptors (Lipinski definition) is 8. The molecule has 3 heterocycles. The Bertz CT molecular complexity index is 1120. The van der Waals surface area contributed by atoms with E-state index in [1.165, 1.54) is 41.6 Å². The highest BCUT2D eigenvalue weighted by Gasteiger charge is 2.29. The number of halogens is 1. The van der Waals surface area contributed by atoms with Gasteiger partial charge in [-0.1, -0.05) is 23.9 Å². The second-order valence-electron chi connectivity index (χ2n) is 6.56. The third kappa shape index (κ3) is 5.05. The lowest BCUT2D eigenvalue weighted by Crippen LogP contribution is -2.37. The number of carbonyl (C=O) groups excluding carboxylic acids is 3. The molecule has 2 aromatic heterocycles. The van der Waals surface area contributed by atoms with E-state index in [9.17, 15) is 18.8 Å². The van der Waals surface area contributed by atoms with Crippen LogP contribution in [0, 0.1) is 5.82 Å². The van der Waals surface area contributed by atoms with Crippen molar-refractivity contribution in [1.82, 2.24) is 20.2 Å². The molecule has 1 N–H and O–H groups in total. The maximum Gasteiger partial charge on any atom is 0.288 e. The smallest absolute Gasteiger partial charge is 0.288 e. The molecule has 31 heavy (non-hydrogen) atoms. The van der Waals surface area contributed by atoms with Gasteiger partial charge < -0.3 is 5.32 Å². The molecular formula is C20H17FN4O3S3. The number of hydrogen-bond donors (Lipinski definition) is 1. The van der Waals surface area contributed by atoms with E-state index < -0.39 is 0 Å². The molecule has 0 aliphatic carbocycles. The van der Waals surface area contributed by atoms with Crippen LogP contribution in [0.25, 0.3) is 21.3 Å². The van der Waals surface area contributed by atoms with E-state index in [-0.39, 0.29) is 48.1 Å². The van der Waals surface area contributed by atoms with Gasteiger partial charge in [0.15, 0.2) is 0 Å². The van der Waals surface area contributed by atoms with Crippen LogP contribution in [0.3, 0.4) is 0 Å². The van der Waals surface area contributed by atoms with Crippen molar-refractivity contribution in [1.29, 1.82) is 0 Å². The van der Waals surface area contributed by atoms with Crippen LogP contribution in [0.1, 0.15) is 6.42 Å². The molecule has 0 spiro atoms. The van der Waals surface area contributed by atoms with E-state index in [2.05, 4.69) is 15.3 Å². The van der Waals surface area contributed by atoms with Gasteiger partial charge in [-0.05, 0) is 17.7 Å². The Morgan fingerprint density at radius 1 is 1.23 bits per heavy atom. The Hall–Kier alpha value is -2.50. The molecule has 1 saturated heterocycles. The molecular weight excluding hydrogens is 459 g/mol. The number of thioether (sulfide) groups is 2. The number of nitrogens with zero attached hydrogens (tertiary/aromatic N) is 3. The molecule has 7 nitrogen and oxygen atoms in total. The zero-order valence-electron chi connectivity index (χ0n) is 16.2. The number of thiophene rings is 1. The van der Waals surface area contributed by atoms with Gasteiger partial charge in [-0.15, -0.1) is 23.1 Å². The molecule has 3 aromatic rings. The van der Waals surface area contributed by atoms with Crippen LogP contribution in [0.15, 0.2) is 41.0 Å². The van der Waals surface area contributed by atoms with Crippen LogP contribution in [-0.4, -0.2) is 56.5 Å². The fourth-order valence-corrected chi connectivity index (χ4v) is 5.72. The molecule has 1 aliphatic rings. The lowest BCUT2D eigenvalue weighted by atomic mass is 10.1. The molecule has 0 unspecified atom stereocenters. The van der Waals surface area contributed by atoms with Crippen LogP contribution >= 0.6 is 34.9 Å². The van der Waals surface area contributed by atoms with Crippen molar-refractivity contribution in [2.24, 2.45) is 0 Å². The van der Waals surface area contributed by atoms with Gasteiger partial charge in [0.05, 0.1) is 11.1 Å². The molecule has 0 atom stereocenters. The highest BCUT2D eigenvalue weighted by molar-refractivity contribution is 8.14. The normalized spacial score (nSPS) is 13.9. The zero-order chi connectivity index (χ0) is 21.8. The van der Waals surface area contributed by atoms with Crippen LogP contribution in [0.4, 0.5) is 9.18 Å². The number of amides is 3. The molecule has 0 bridgehead atoms. The second kappa shape index (κ2) is 9.75. The minimum absolute atomic E-state index is 0.159. The Balaban J connectivity index is 1.34. The Kier molecular flexibility index (Phi) is 6.83. The first-order valence-corrected chi connectivity index (χ1v) is 12.2. The monoisotopic (exact) mass is 476 g/mol. The van der Waals surface area contributed by atoms with Gasteiger partial charge in [-0.2, -0.15) is 0 Å². The van der Waals surface area contributed by atoms with Crippen molar-refractivity contribution in [3.8, 4) is 11.1 Å². The topological polar surface area (TPSA) is 92.3 Å². The standard InChI is InChI=1S/C20H17FN4O3S3/c21-13-3-1-12(2-4-13)14-9-30-19-17(14)18(23-11-24-19)29-8-5-15(26)22-6-7-25-16(27)10-31-20(25)28/h1-4,9,11H,5-8,10H2,(H,22,26). The van der Waals surface area contributed by atoms with E-state index in [0.29, 0.717) is 5.75 Å². The van der Waals surface area contributed by atoms with E-state index in [0.717, 1.165) is 43.0 Å². The molecule has 3 amide bonds. The van der Waals surface area contributed by atoms with Gasteiger partial charge in [0.25, 0.3) is 5.24 Å². The quantitative estimate of drug-likeness (QED) is 0.391.